The second-order valence-electron chi connectivity index (χ2n) is 3.69. The fourth-order valence-corrected chi connectivity index (χ4v) is 1.31. The molecule has 1 aromatic rings. The first-order chi connectivity index (χ1) is 8.41. The smallest absolute Gasteiger partial charge is 0.340 e. The van der Waals surface area contributed by atoms with Gasteiger partial charge in [0.1, 0.15) is 6.20 Å². The molecule has 0 aliphatic carbocycles. The number of nitrogens with one attached hydrogen (secondary N) is 2. The van der Waals surface area contributed by atoms with Crippen molar-refractivity contribution in [3.63, 3.8) is 0 Å². The van der Waals surface area contributed by atoms with Gasteiger partial charge in [-0.25, -0.2) is 9.97 Å². The fourth-order valence-electron chi connectivity index (χ4n) is 1.31. The first kappa shape index (κ1) is 14.1. The van der Waals surface area contributed by atoms with E-state index in [4.69, 9.17) is 0 Å². The Balaban J connectivity index is 2.53. The minimum atomic E-state index is -1.37. The van der Waals surface area contributed by atoms with Crippen LogP contribution in [-0.2, 0) is 4.79 Å². The molecule has 9 nitrogen and oxygen atoms in total. The van der Waals surface area contributed by atoms with E-state index in [-0.39, 0.29) is 30.5 Å². The van der Waals surface area contributed by atoms with E-state index in [1.807, 2.05) is 0 Å². The molecule has 1 aromatic heterocycles. The van der Waals surface area contributed by atoms with E-state index in [0.29, 0.717) is 0 Å². The number of carbonyl (C=O) groups is 1. The number of carbonyl (C=O) groups excluding carboxylic acids is 1. The van der Waals surface area contributed by atoms with Crippen molar-refractivity contribution in [1.29, 1.82) is 0 Å². The SMILES string of the molecule is CC(=O)NCCC(O)C(O)c1ncc([N+](=O)[O-])[nH]1. The summed E-state index contributed by atoms with van der Waals surface area (Å²) in [5.74, 6) is -0.694. The number of amides is 1. The summed E-state index contributed by atoms with van der Waals surface area (Å²) in [5, 5.41) is 32.1. The van der Waals surface area contributed by atoms with Crippen LogP contribution < -0.4 is 5.32 Å². The Hall–Kier alpha value is -2.00. The Kier molecular flexibility index (Phi) is 4.75. The Morgan fingerprint density at radius 1 is 1.67 bits per heavy atom. The van der Waals surface area contributed by atoms with Gasteiger partial charge in [0.15, 0.2) is 6.10 Å². The summed E-state index contributed by atoms with van der Waals surface area (Å²) in [7, 11) is 0. The van der Waals surface area contributed by atoms with E-state index < -0.39 is 17.1 Å². The molecular formula is C9H14N4O5. The summed E-state index contributed by atoms with van der Waals surface area (Å²) in [6.45, 7) is 1.52. The van der Waals surface area contributed by atoms with Crippen LogP contribution in [0.15, 0.2) is 6.20 Å². The van der Waals surface area contributed by atoms with Crippen molar-refractivity contribution in [2.24, 2.45) is 0 Å². The lowest BCUT2D eigenvalue weighted by Crippen LogP contribution is -2.28. The van der Waals surface area contributed by atoms with Gasteiger partial charge in [-0.05, 0) is 11.3 Å². The lowest BCUT2D eigenvalue weighted by atomic mass is 10.1. The zero-order valence-electron chi connectivity index (χ0n) is 9.66. The molecule has 0 aliphatic heterocycles. The lowest BCUT2D eigenvalue weighted by Gasteiger charge is -2.14. The van der Waals surface area contributed by atoms with E-state index in [1.54, 1.807) is 0 Å². The van der Waals surface area contributed by atoms with Gasteiger partial charge >= 0.3 is 5.82 Å². The third-order valence-electron chi connectivity index (χ3n) is 2.24. The number of imidazole rings is 1. The first-order valence-corrected chi connectivity index (χ1v) is 5.21. The van der Waals surface area contributed by atoms with Crippen molar-refractivity contribution in [1.82, 2.24) is 15.3 Å². The van der Waals surface area contributed by atoms with Gasteiger partial charge in [0.2, 0.25) is 11.7 Å². The van der Waals surface area contributed by atoms with Crippen LogP contribution in [-0.4, -0.2) is 43.7 Å². The predicted octanol–water partition coefficient (Wildman–Crippen LogP) is -0.762. The van der Waals surface area contributed by atoms with Crippen LogP contribution in [0.3, 0.4) is 0 Å². The molecule has 9 heteroatoms. The van der Waals surface area contributed by atoms with Gasteiger partial charge in [0, 0.05) is 13.5 Å². The Morgan fingerprint density at radius 3 is 2.83 bits per heavy atom. The summed E-state index contributed by atoms with van der Waals surface area (Å²) in [5.41, 5.74) is 0. The Bertz CT molecular complexity index is 432. The largest absolute Gasteiger partial charge is 0.390 e. The van der Waals surface area contributed by atoms with Crippen molar-refractivity contribution in [2.75, 3.05) is 6.54 Å². The fraction of sp³-hybridized carbons (Fsp3) is 0.556. The molecule has 0 saturated carbocycles. The van der Waals surface area contributed by atoms with Crippen LogP contribution >= 0.6 is 0 Å². The molecule has 0 saturated heterocycles. The molecule has 1 heterocycles. The highest BCUT2D eigenvalue weighted by Gasteiger charge is 2.25. The average molecular weight is 258 g/mol. The Labute approximate surface area is 102 Å². The molecule has 18 heavy (non-hydrogen) atoms. The Morgan fingerprint density at radius 2 is 2.33 bits per heavy atom. The third-order valence-corrected chi connectivity index (χ3v) is 2.24. The van der Waals surface area contributed by atoms with Crippen molar-refractivity contribution in [2.45, 2.75) is 25.6 Å². The highest BCUT2D eigenvalue weighted by atomic mass is 16.6. The normalized spacial score (nSPS) is 13.9. The zero-order valence-corrected chi connectivity index (χ0v) is 9.66. The van der Waals surface area contributed by atoms with Gasteiger partial charge in [-0.3, -0.25) is 4.79 Å². The van der Waals surface area contributed by atoms with E-state index in [1.165, 1.54) is 6.92 Å². The van der Waals surface area contributed by atoms with Crippen LogP contribution in [0.5, 0.6) is 0 Å². The maximum absolute atomic E-state index is 10.6. The number of aromatic amines is 1. The third kappa shape index (κ3) is 3.79. The van der Waals surface area contributed by atoms with Crippen molar-refractivity contribution < 1.29 is 19.9 Å². The molecule has 1 amide bonds. The van der Waals surface area contributed by atoms with Crippen LogP contribution in [0.2, 0.25) is 0 Å². The van der Waals surface area contributed by atoms with Crippen molar-refractivity contribution >= 4 is 11.7 Å². The zero-order chi connectivity index (χ0) is 13.7. The molecule has 100 valence electrons. The molecule has 1 rings (SSSR count). The van der Waals surface area contributed by atoms with Crippen LogP contribution in [0.1, 0.15) is 25.3 Å². The number of hydrogen-bond donors (Lipinski definition) is 4. The van der Waals surface area contributed by atoms with Crippen molar-refractivity contribution in [3.8, 4) is 0 Å². The number of nitrogens with zero attached hydrogens (tertiary/aromatic N) is 2. The minimum absolute atomic E-state index is 0.0861. The van der Waals surface area contributed by atoms with Gasteiger partial charge in [-0.2, -0.15) is 0 Å². The average Bonchev–Trinajstić information content (AvgIpc) is 2.76. The molecular weight excluding hydrogens is 244 g/mol. The number of aliphatic hydroxyl groups excluding tert-OH is 2. The highest BCUT2D eigenvalue weighted by molar-refractivity contribution is 5.72. The molecule has 0 aliphatic rings. The first-order valence-electron chi connectivity index (χ1n) is 5.21. The quantitative estimate of drug-likeness (QED) is 0.390. The number of hydrogen-bond acceptors (Lipinski definition) is 6. The van der Waals surface area contributed by atoms with Gasteiger partial charge in [-0.15, -0.1) is 0 Å². The summed E-state index contributed by atoms with van der Waals surface area (Å²) < 4.78 is 0. The maximum atomic E-state index is 10.6. The summed E-state index contributed by atoms with van der Waals surface area (Å²) >= 11 is 0. The highest BCUT2D eigenvalue weighted by Crippen LogP contribution is 2.18. The van der Waals surface area contributed by atoms with Gasteiger partial charge < -0.3 is 25.6 Å². The molecule has 2 atom stereocenters. The standard InChI is InChI=1S/C9H14N4O5/c1-5(14)10-3-2-6(15)8(16)9-11-4-7(12-9)13(17)18/h4,6,8,15-16H,2-3H2,1H3,(H,10,14)(H,11,12). The topological polar surface area (TPSA) is 141 Å². The molecule has 0 fully saturated rings. The second-order valence-corrected chi connectivity index (χ2v) is 3.69. The van der Waals surface area contributed by atoms with Crippen LogP contribution in [0, 0.1) is 10.1 Å². The van der Waals surface area contributed by atoms with E-state index in [2.05, 4.69) is 15.3 Å². The molecule has 0 radical (unpaired) electrons. The maximum Gasteiger partial charge on any atom is 0.340 e. The van der Waals surface area contributed by atoms with E-state index in [9.17, 15) is 25.1 Å². The van der Waals surface area contributed by atoms with E-state index >= 15 is 0 Å². The number of rotatable bonds is 6. The van der Waals surface area contributed by atoms with Crippen molar-refractivity contribution in [3.05, 3.63) is 22.1 Å². The van der Waals surface area contributed by atoms with Gasteiger partial charge in [-0.1, -0.05) is 0 Å². The molecule has 0 spiro atoms. The van der Waals surface area contributed by atoms with E-state index in [0.717, 1.165) is 6.20 Å². The molecule has 0 bridgehead atoms. The predicted molar refractivity (Wildman–Crippen MR) is 59.5 cm³/mol. The minimum Gasteiger partial charge on any atom is -0.390 e. The lowest BCUT2D eigenvalue weighted by molar-refractivity contribution is -0.389. The number of nitro groups is 1. The molecule has 0 aromatic carbocycles. The number of H-pyrrole nitrogens is 1. The van der Waals surface area contributed by atoms with Gasteiger partial charge in [0.05, 0.1) is 6.10 Å². The summed E-state index contributed by atoms with van der Waals surface area (Å²) in [4.78, 5) is 26.2. The second kappa shape index (κ2) is 6.07. The van der Waals surface area contributed by atoms with Gasteiger partial charge in [0.25, 0.3) is 0 Å². The summed E-state index contributed by atoms with van der Waals surface area (Å²) in [6.07, 6.45) is -1.48. The number of aliphatic hydroxyl groups is 2. The van der Waals surface area contributed by atoms with Crippen LogP contribution in [0.25, 0.3) is 0 Å². The summed E-state index contributed by atoms with van der Waals surface area (Å²) in [6, 6.07) is 0. The monoisotopic (exact) mass is 258 g/mol. The van der Waals surface area contributed by atoms with Crippen LogP contribution in [0.4, 0.5) is 5.82 Å². The molecule has 2 unspecified atom stereocenters. The molecule has 4 N–H and O–H groups in total. The number of aromatic nitrogens is 2.